The molecule has 3 nitrogen and oxygen atoms in total. The van der Waals surface area contributed by atoms with Gasteiger partial charge in [-0.3, -0.25) is 0 Å². The summed E-state index contributed by atoms with van der Waals surface area (Å²) in [7, 11) is 0. The van der Waals surface area contributed by atoms with Gasteiger partial charge in [0.1, 0.15) is 0 Å². The number of esters is 1. The second-order valence-corrected chi connectivity index (χ2v) is 8.13. The van der Waals surface area contributed by atoms with Crippen LogP contribution < -0.4 is 0 Å². The summed E-state index contributed by atoms with van der Waals surface area (Å²) in [5.74, 6) is 2.13. The number of H-pyrrole nitrogens is 1. The fourth-order valence-electron chi connectivity index (χ4n) is 4.72. The molecule has 0 bridgehead atoms. The summed E-state index contributed by atoms with van der Waals surface area (Å²) in [6, 6.07) is 26.9. The number of aryl methyl sites for hydroxylation is 1. The number of fused-ring (bicyclic) bond motifs is 3. The molecule has 0 spiro atoms. The zero-order valence-corrected chi connectivity index (χ0v) is 17.9. The second-order valence-electron chi connectivity index (χ2n) is 8.13. The van der Waals surface area contributed by atoms with Crippen molar-refractivity contribution >= 4 is 28.0 Å². The van der Waals surface area contributed by atoms with E-state index in [9.17, 15) is 4.79 Å². The quantitative estimate of drug-likeness (QED) is 0.322. The molecule has 1 aliphatic carbocycles. The Bertz CT molecular complexity index is 1370. The van der Waals surface area contributed by atoms with Gasteiger partial charge in [0.15, 0.2) is 6.61 Å². The SMILES string of the molecule is C#CCOC(=O)C1=C(c2ccccc2)CC(c2ccccc2)c2c1[nH]c1ccc(C)cc21. The predicted molar refractivity (Wildman–Crippen MR) is 129 cm³/mol. The molecule has 1 aromatic heterocycles. The molecular weight excluding hydrogens is 394 g/mol. The highest BCUT2D eigenvalue weighted by Gasteiger charge is 2.35. The monoisotopic (exact) mass is 417 g/mol. The van der Waals surface area contributed by atoms with E-state index in [0.29, 0.717) is 12.0 Å². The number of hydrogen-bond acceptors (Lipinski definition) is 2. The van der Waals surface area contributed by atoms with Gasteiger partial charge in [0.25, 0.3) is 0 Å². The van der Waals surface area contributed by atoms with Gasteiger partial charge < -0.3 is 9.72 Å². The van der Waals surface area contributed by atoms with E-state index in [0.717, 1.165) is 33.3 Å². The van der Waals surface area contributed by atoms with Crippen LogP contribution in [0.15, 0.2) is 78.9 Å². The van der Waals surface area contributed by atoms with Crippen molar-refractivity contribution in [3.05, 3.63) is 107 Å². The van der Waals surface area contributed by atoms with Gasteiger partial charge >= 0.3 is 5.97 Å². The molecule has 4 aromatic rings. The zero-order chi connectivity index (χ0) is 22.1. The molecule has 1 atom stereocenters. The van der Waals surface area contributed by atoms with Gasteiger partial charge in [0, 0.05) is 16.8 Å². The maximum atomic E-state index is 13.3. The van der Waals surface area contributed by atoms with Gasteiger partial charge in [-0.15, -0.1) is 6.42 Å². The third-order valence-electron chi connectivity index (χ3n) is 6.12. The van der Waals surface area contributed by atoms with Gasteiger partial charge in [0.2, 0.25) is 0 Å². The van der Waals surface area contributed by atoms with Crippen LogP contribution in [0.4, 0.5) is 0 Å². The normalized spacial score (nSPS) is 15.3. The fraction of sp³-hybridized carbons (Fsp3) is 0.138. The van der Waals surface area contributed by atoms with E-state index in [2.05, 4.69) is 60.3 Å². The molecule has 5 rings (SSSR count). The summed E-state index contributed by atoms with van der Waals surface area (Å²) in [5, 5.41) is 1.14. The van der Waals surface area contributed by atoms with E-state index in [1.807, 2.05) is 36.4 Å². The number of terminal acetylenes is 1. The summed E-state index contributed by atoms with van der Waals surface area (Å²) < 4.78 is 5.45. The lowest BCUT2D eigenvalue weighted by molar-refractivity contribution is -0.135. The van der Waals surface area contributed by atoms with Crippen molar-refractivity contribution in [2.24, 2.45) is 0 Å². The summed E-state index contributed by atoms with van der Waals surface area (Å²) in [6.07, 6.45) is 6.07. The molecule has 0 saturated heterocycles. The number of hydrogen-bond donors (Lipinski definition) is 1. The summed E-state index contributed by atoms with van der Waals surface area (Å²) >= 11 is 0. The van der Waals surface area contributed by atoms with Crippen LogP contribution in [0.25, 0.3) is 22.0 Å². The fourth-order valence-corrected chi connectivity index (χ4v) is 4.72. The Morgan fingerprint density at radius 1 is 1.06 bits per heavy atom. The van der Waals surface area contributed by atoms with Gasteiger partial charge in [-0.2, -0.15) is 0 Å². The number of rotatable bonds is 4. The average Bonchev–Trinajstić information content (AvgIpc) is 3.21. The maximum absolute atomic E-state index is 13.3. The Morgan fingerprint density at radius 2 is 1.78 bits per heavy atom. The number of carbonyl (C=O) groups excluding carboxylic acids is 1. The lowest BCUT2D eigenvalue weighted by Crippen LogP contribution is -2.18. The number of carbonyl (C=O) groups is 1. The average molecular weight is 418 g/mol. The molecule has 32 heavy (non-hydrogen) atoms. The van der Waals surface area contributed by atoms with Crippen LogP contribution >= 0.6 is 0 Å². The molecule has 0 radical (unpaired) electrons. The summed E-state index contributed by atoms with van der Waals surface area (Å²) in [4.78, 5) is 16.8. The minimum atomic E-state index is -0.391. The van der Waals surface area contributed by atoms with Gasteiger partial charge in [-0.25, -0.2) is 4.79 Å². The van der Waals surface area contributed by atoms with E-state index in [1.54, 1.807) is 0 Å². The van der Waals surface area contributed by atoms with E-state index >= 15 is 0 Å². The van der Waals surface area contributed by atoms with E-state index in [4.69, 9.17) is 11.2 Å². The molecule has 0 amide bonds. The Labute approximate surface area is 187 Å². The second kappa shape index (κ2) is 8.24. The van der Waals surface area contributed by atoms with Crippen LogP contribution in [-0.4, -0.2) is 17.6 Å². The largest absolute Gasteiger partial charge is 0.449 e. The molecule has 3 heteroatoms. The topological polar surface area (TPSA) is 42.1 Å². The standard InChI is InChI=1S/C29H23NO2/c1-3-16-32-29(31)27-23(21-12-8-5-9-13-21)18-22(20-10-6-4-7-11-20)26-24-17-19(2)14-15-25(24)30-28(26)27/h1,4-15,17,22,30H,16,18H2,2H3. The van der Waals surface area contributed by atoms with Crippen molar-refractivity contribution in [2.45, 2.75) is 19.3 Å². The Morgan fingerprint density at radius 3 is 2.50 bits per heavy atom. The molecule has 1 unspecified atom stereocenters. The van der Waals surface area contributed by atoms with E-state index in [-0.39, 0.29) is 12.5 Å². The lowest BCUT2D eigenvalue weighted by atomic mass is 9.75. The Balaban J connectivity index is 1.82. The highest BCUT2D eigenvalue weighted by Crippen LogP contribution is 2.48. The van der Waals surface area contributed by atoms with Crippen molar-refractivity contribution in [1.82, 2.24) is 4.98 Å². The number of nitrogens with one attached hydrogen (secondary N) is 1. The molecule has 1 N–H and O–H groups in total. The van der Waals surface area contributed by atoms with Crippen LogP contribution in [0.3, 0.4) is 0 Å². The van der Waals surface area contributed by atoms with Crippen LogP contribution in [0.1, 0.15) is 40.3 Å². The third kappa shape index (κ3) is 3.40. The van der Waals surface area contributed by atoms with Crippen LogP contribution in [-0.2, 0) is 9.53 Å². The molecule has 0 aliphatic heterocycles. The number of aromatic nitrogens is 1. The minimum absolute atomic E-state index is 0.0544. The van der Waals surface area contributed by atoms with Crippen molar-refractivity contribution in [2.75, 3.05) is 6.61 Å². The first-order chi connectivity index (χ1) is 15.7. The van der Waals surface area contributed by atoms with Crippen molar-refractivity contribution in [3.8, 4) is 12.3 Å². The molecule has 1 aliphatic rings. The number of aromatic amines is 1. The van der Waals surface area contributed by atoms with Crippen molar-refractivity contribution in [1.29, 1.82) is 0 Å². The Kier molecular flexibility index (Phi) is 5.13. The summed E-state index contributed by atoms with van der Waals surface area (Å²) in [6.45, 7) is 2.04. The van der Waals surface area contributed by atoms with E-state index < -0.39 is 5.97 Å². The first-order valence-corrected chi connectivity index (χ1v) is 10.7. The van der Waals surface area contributed by atoms with Crippen molar-refractivity contribution in [3.63, 3.8) is 0 Å². The highest BCUT2D eigenvalue weighted by molar-refractivity contribution is 6.26. The first-order valence-electron chi connectivity index (χ1n) is 10.7. The molecule has 156 valence electrons. The van der Waals surface area contributed by atoms with Gasteiger partial charge in [-0.1, -0.05) is 78.2 Å². The first kappa shape index (κ1) is 19.9. The molecular formula is C29H23NO2. The van der Waals surface area contributed by atoms with Crippen LogP contribution in [0, 0.1) is 19.3 Å². The minimum Gasteiger partial charge on any atom is -0.449 e. The zero-order valence-electron chi connectivity index (χ0n) is 17.9. The third-order valence-corrected chi connectivity index (χ3v) is 6.12. The smallest absolute Gasteiger partial charge is 0.341 e. The van der Waals surface area contributed by atoms with Crippen LogP contribution in [0.2, 0.25) is 0 Å². The molecule has 1 heterocycles. The van der Waals surface area contributed by atoms with Crippen LogP contribution in [0.5, 0.6) is 0 Å². The highest BCUT2D eigenvalue weighted by atomic mass is 16.5. The number of ether oxygens (including phenoxy) is 1. The van der Waals surface area contributed by atoms with Gasteiger partial charge in [-0.05, 0) is 47.7 Å². The molecule has 0 fully saturated rings. The Hall–Kier alpha value is -4.03. The van der Waals surface area contributed by atoms with E-state index in [1.165, 1.54) is 11.1 Å². The maximum Gasteiger partial charge on any atom is 0.341 e. The summed E-state index contributed by atoms with van der Waals surface area (Å²) in [5.41, 5.74) is 7.94. The lowest BCUT2D eigenvalue weighted by Gasteiger charge is -2.28. The molecule has 0 saturated carbocycles. The molecule has 3 aromatic carbocycles. The number of benzene rings is 3. The van der Waals surface area contributed by atoms with Gasteiger partial charge in [0.05, 0.1) is 11.3 Å². The van der Waals surface area contributed by atoms with Crippen molar-refractivity contribution < 1.29 is 9.53 Å². The predicted octanol–water partition coefficient (Wildman–Crippen LogP) is 6.10. The number of allylic oxidation sites excluding steroid dienone is 1.